The Labute approximate surface area is 105 Å². The first kappa shape index (κ1) is 12.4. The number of rotatable bonds is 4. The summed E-state index contributed by atoms with van der Waals surface area (Å²) in [7, 11) is 0. The van der Waals surface area contributed by atoms with Gasteiger partial charge in [-0.1, -0.05) is 25.1 Å². The van der Waals surface area contributed by atoms with E-state index in [1.807, 2.05) is 0 Å². The number of nitrogens with zero attached hydrogens (tertiary/aromatic N) is 1. The molecule has 1 saturated heterocycles. The van der Waals surface area contributed by atoms with E-state index in [0.29, 0.717) is 12.1 Å². The average Bonchev–Trinajstić information content (AvgIpc) is 2.40. The van der Waals surface area contributed by atoms with E-state index in [4.69, 9.17) is 0 Å². The van der Waals surface area contributed by atoms with Crippen LogP contribution in [-0.2, 0) is 0 Å². The van der Waals surface area contributed by atoms with Gasteiger partial charge in [-0.15, -0.1) is 0 Å². The fraction of sp³-hybridized carbons (Fsp3) is 0.600. The summed E-state index contributed by atoms with van der Waals surface area (Å²) < 4.78 is 0. The van der Waals surface area contributed by atoms with E-state index in [9.17, 15) is 0 Å². The second-order valence-electron chi connectivity index (χ2n) is 5.07. The van der Waals surface area contributed by atoms with Gasteiger partial charge in [-0.05, 0) is 38.3 Å². The molecule has 1 aromatic rings. The Balaban J connectivity index is 1.82. The number of hydrogen-bond acceptors (Lipinski definition) is 2. The van der Waals surface area contributed by atoms with E-state index in [1.165, 1.54) is 38.0 Å². The lowest BCUT2D eigenvalue weighted by Gasteiger charge is -2.35. The molecule has 1 aliphatic rings. The van der Waals surface area contributed by atoms with Crippen LogP contribution in [0.25, 0.3) is 0 Å². The Morgan fingerprint density at radius 1 is 1.24 bits per heavy atom. The highest BCUT2D eigenvalue weighted by atomic mass is 15.1. The maximum atomic E-state index is 3.71. The lowest BCUT2D eigenvalue weighted by Crippen LogP contribution is -2.45. The molecular formula is C15H24N2. The number of para-hydroxylation sites is 1. The van der Waals surface area contributed by atoms with Crippen molar-refractivity contribution in [3.05, 3.63) is 30.3 Å². The van der Waals surface area contributed by atoms with Gasteiger partial charge >= 0.3 is 0 Å². The van der Waals surface area contributed by atoms with Crippen molar-refractivity contribution in [3.63, 3.8) is 0 Å². The van der Waals surface area contributed by atoms with Gasteiger partial charge in [0.2, 0.25) is 0 Å². The zero-order valence-corrected chi connectivity index (χ0v) is 11.0. The molecule has 2 heteroatoms. The molecule has 0 saturated carbocycles. The van der Waals surface area contributed by atoms with Gasteiger partial charge in [0.15, 0.2) is 0 Å². The quantitative estimate of drug-likeness (QED) is 0.858. The summed E-state index contributed by atoms with van der Waals surface area (Å²) >= 11 is 0. The third kappa shape index (κ3) is 3.47. The standard InChI is InChI=1S/C15H24N2/c1-3-13(2)16-14-9-11-17(12-10-14)15-7-5-4-6-8-15/h4-8,13-14,16H,3,9-12H2,1-2H3. The molecule has 1 aromatic carbocycles. The zero-order chi connectivity index (χ0) is 12.1. The maximum Gasteiger partial charge on any atom is 0.0366 e. The Morgan fingerprint density at radius 3 is 2.47 bits per heavy atom. The van der Waals surface area contributed by atoms with Crippen LogP contribution in [0.1, 0.15) is 33.1 Å². The van der Waals surface area contributed by atoms with Gasteiger partial charge < -0.3 is 10.2 Å². The first-order chi connectivity index (χ1) is 8.29. The molecule has 0 radical (unpaired) electrons. The molecule has 0 aliphatic carbocycles. The normalized spacial score (nSPS) is 19.3. The third-order valence-electron chi connectivity index (χ3n) is 3.75. The summed E-state index contributed by atoms with van der Waals surface area (Å²) in [5, 5.41) is 3.71. The summed E-state index contributed by atoms with van der Waals surface area (Å²) in [5.74, 6) is 0. The molecule has 2 nitrogen and oxygen atoms in total. The molecule has 0 amide bonds. The monoisotopic (exact) mass is 232 g/mol. The smallest absolute Gasteiger partial charge is 0.0366 e. The molecule has 2 rings (SSSR count). The lowest BCUT2D eigenvalue weighted by atomic mass is 10.0. The molecule has 0 bridgehead atoms. The van der Waals surface area contributed by atoms with Crippen LogP contribution >= 0.6 is 0 Å². The van der Waals surface area contributed by atoms with Crippen molar-refractivity contribution >= 4 is 5.69 Å². The number of nitrogens with one attached hydrogen (secondary N) is 1. The topological polar surface area (TPSA) is 15.3 Å². The molecule has 1 fully saturated rings. The van der Waals surface area contributed by atoms with Crippen LogP contribution < -0.4 is 10.2 Å². The van der Waals surface area contributed by atoms with Gasteiger partial charge in [-0.25, -0.2) is 0 Å². The van der Waals surface area contributed by atoms with Gasteiger partial charge in [0.05, 0.1) is 0 Å². The summed E-state index contributed by atoms with van der Waals surface area (Å²) in [4.78, 5) is 2.49. The Hall–Kier alpha value is -1.02. The predicted molar refractivity (Wildman–Crippen MR) is 74.6 cm³/mol. The predicted octanol–water partition coefficient (Wildman–Crippen LogP) is 3.04. The molecule has 0 spiro atoms. The first-order valence-corrected chi connectivity index (χ1v) is 6.85. The minimum Gasteiger partial charge on any atom is -0.371 e. The second-order valence-corrected chi connectivity index (χ2v) is 5.07. The highest BCUT2D eigenvalue weighted by molar-refractivity contribution is 5.46. The van der Waals surface area contributed by atoms with Crippen molar-refractivity contribution in [3.8, 4) is 0 Å². The molecule has 94 valence electrons. The average molecular weight is 232 g/mol. The van der Waals surface area contributed by atoms with E-state index < -0.39 is 0 Å². The molecule has 0 aromatic heterocycles. The summed E-state index contributed by atoms with van der Waals surface area (Å²) in [6, 6.07) is 12.1. The molecule has 1 N–H and O–H groups in total. The van der Waals surface area contributed by atoms with E-state index in [2.05, 4.69) is 54.4 Å². The van der Waals surface area contributed by atoms with E-state index in [0.717, 1.165) is 0 Å². The molecule has 1 heterocycles. The zero-order valence-electron chi connectivity index (χ0n) is 11.0. The number of anilines is 1. The van der Waals surface area contributed by atoms with Crippen molar-refractivity contribution in [2.24, 2.45) is 0 Å². The van der Waals surface area contributed by atoms with Crippen LogP contribution in [0, 0.1) is 0 Å². The Kier molecular flexibility index (Phi) is 4.43. The number of piperidine rings is 1. The van der Waals surface area contributed by atoms with Crippen LogP contribution in [0.4, 0.5) is 5.69 Å². The van der Waals surface area contributed by atoms with Gasteiger partial charge in [-0.2, -0.15) is 0 Å². The summed E-state index contributed by atoms with van der Waals surface area (Å²) in [5.41, 5.74) is 1.37. The van der Waals surface area contributed by atoms with Crippen LogP contribution in [0.3, 0.4) is 0 Å². The highest BCUT2D eigenvalue weighted by Crippen LogP contribution is 2.19. The second kappa shape index (κ2) is 6.06. The Morgan fingerprint density at radius 2 is 1.88 bits per heavy atom. The Bertz CT molecular complexity index is 315. The molecule has 1 atom stereocenters. The number of benzene rings is 1. The number of hydrogen-bond donors (Lipinski definition) is 1. The van der Waals surface area contributed by atoms with Crippen molar-refractivity contribution in [1.29, 1.82) is 0 Å². The largest absolute Gasteiger partial charge is 0.371 e. The minimum absolute atomic E-state index is 0.656. The highest BCUT2D eigenvalue weighted by Gasteiger charge is 2.19. The van der Waals surface area contributed by atoms with E-state index in [-0.39, 0.29) is 0 Å². The third-order valence-corrected chi connectivity index (χ3v) is 3.75. The summed E-state index contributed by atoms with van der Waals surface area (Å²) in [6.07, 6.45) is 3.75. The van der Waals surface area contributed by atoms with E-state index >= 15 is 0 Å². The van der Waals surface area contributed by atoms with Crippen LogP contribution in [-0.4, -0.2) is 25.2 Å². The van der Waals surface area contributed by atoms with Gasteiger partial charge in [0.25, 0.3) is 0 Å². The van der Waals surface area contributed by atoms with Gasteiger partial charge in [-0.3, -0.25) is 0 Å². The molecule has 1 unspecified atom stereocenters. The lowest BCUT2D eigenvalue weighted by molar-refractivity contribution is 0.372. The van der Waals surface area contributed by atoms with Crippen molar-refractivity contribution in [2.45, 2.75) is 45.2 Å². The van der Waals surface area contributed by atoms with Crippen molar-refractivity contribution in [1.82, 2.24) is 5.32 Å². The fourth-order valence-corrected chi connectivity index (χ4v) is 2.46. The molecule has 1 aliphatic heterocycles. The van der Waals surface area contributed by atoms with Gasteiger partial charge in [0.1, 0.15) is 0 Å². The first-order valence-electron chi connectivity index (χ1n) is 6.85. The summed E-state index contributed by atoms with van der Waals surface area (Å²) in [6.45, 7) is 6.89. The van der Waals surface area contributed by atoms with Crippen LogP contribution in [0.2, 0.25) is 0 Å². The SMILES string of the molecule is CCC(C)NC1CCN(c2ccccc2)CC1. The van der Waals surface area contributed by atoms with E-state index in [1.54, 1.807) is 0 Å². The van der Waals surface area contributed by atoms with Crippen LogP contribution in [0.15, 0.2) is 30.3 Å². The van der Waals surface area contributed by atoms with Crippen LogP contribution in [0.5, 0.6) is 0 Å². The minimum atomic E-state index is 0.656. The van der Waals surface area contributed by atoms with Crippen molar-refractivity contribution < 1.29 is 0 Å². The fourth-order valence-electron chi connectivity index (χ4n) is 2.46. The molecular weight excluding hydrogens is 208 g/mol. The maximum absolute atomic E-state index is 3.71. The van der Waals surface area contributed by atoms with Gasteiger partial charge in [0, 0.05) is 30.9 Å². The van der Waals surface area contributed by atoms with Crippen molar-refractivity contribution in [2.75, 3.05) is 18.0 Å². The molecule has 17 heavy (non-hydrogen) atoms.